The molecule has 1 aromatic rings. The highest BCUT2D eigenvalue weighted by Crippen LogP contribution is 2.21. The first-order valence-electron chi connectivity index (χ1n) is 3.28. The summed E-state index contributed by atoms with van der Waals surface area (Å²) in [7, 11) is 0. The van der Waals surface area contributed by atoms with Crippen LogP contribution in [0.15, 0.2) is 12.1 Å². The molecule has 0 saturated carbocycles. The average molecular weight is 176 g/mol. The second-order valence-corrected chi connectivity index (χ2v) is 2.17. The molecule has 0 amide bonds. The molecule has 0 aliphatic carbocycles. The molecule has 0 radical (unpaired) electrons. The van der Waals surface area contributed by atoms with Gasteiger partial charge < -0.3 is 5.73 Å². The molecule has 0 aliphatic heterocycles. The largest absolute Gasteiger partial charge is 0.325 e. The summed E-state index contributed by atoms with van der Waals surface area (Å²) in [5.74, 6) is -0.792. The minimum Gasteiger partial charge on any atom is -0.325 e. The lowest BCUT2D eigenvalue weighted by Gasteiger charge is -2.04. The first kappa shape index (κ1) is 8.99. The summed E-state index contributed by atoms with van der Waals surface area (Å²) in [5, 5.41) is 0. The molecule has 0 spiro atoms. The number of nitrogens with zero attached hydrogens (tertiary/aromatic N) is 1. The van der Waals surface area contributed by atoms with E-state index in [0.717, 1.165) is 12.1 Å². The summed E-state index contributed by atoms with van der Waals surface area (Å²) in [5.41, 5.74) is 4.70. The number of aromatic nitrogens is 1. The maximum absolute atomic E-state index is 12.4. The van der Waals surface area contributed by atoms with E-state index in [4.69, 9.17) is 5.73 Å². The van der Waals surface area contributed by atoms with Crippen LogP contribution in [0.4, 0.5) is 13.2 Å². The Bertz CT molecular complexity index is 275. The summed E-state index contributed by atoms with van der Waals surface area (Å²) in [6, 6.07) is 1.88. The molecule has 0 saturated heterocycles. The molecule has 66 valence electrons. The number of halogens is 3. The molecule has 12 heavy (non-hydrogen) atoms. The molecule has 0 aliphatic rings. The Labute approximate surface area is 67.2 Å². The second kappa shape index (κ2) is 3.53. The summed E-state index contributed by atoms with van der Waals surface area (Å²) < 4.78 is 36.6. The SMILES string of the molecule is NCc1nc(F)ccc1C(F)F. The third-order valence-corrected chi connectivity index (χ3v) is 1.40. The zero-order valence-electron chi connectivity index (χ0n) is 6.10. The van der Waals surface area contributed by atoms with E-state index in [1.54, 1.807) is 0 Å². The molecule has 0 aromatic carbocycles. The van der Waals surface area contributed by atoms with Crippen molar-refractivity contribution in [1.82, 2.24) is 4.98 Å². The Kier molecular flexibility index (Phi) is 2.65. The van der Waals surface area contributed by atoms with Crippen LogP contribution in [0.5, 0.6) is 0 Å². The van der Waals surface area contributed by atoms with Crippen molar-refractivity contribution in [1.29, 1.82) is 0 Å². The smallest absolute Gasteiger partial charge is 0.265 e. The Balaban J connectivity index is 3.11. The molecule has 0 bridgehead atoms. The number of rotatable bonds is 2. The van der Waals surface area contributed by atoms with Crippen LogP contribution in [0.1, 0.15) is 17.7 Å². The quantitative estimate of drug-likeness (QED) is 0.695. The van der Waals surface area contributed by atoms with Crippen LogP contribution >= 0.6 is 0 Å². The third kappa shape index (κ3) is 1.73. The van der Waals surface area contributed by atoms with E-state index in [1.165, 1.54) is 0 Å². The minimum atomic E-state index is -2.66. The normalized spacial score (nSPS) is 10.8. The van der Waals surface area contributed by atoms with Crippen molar-refractivity contribution >= 4 is 0 Å². The molecule has 2 nitrogen and oxygen atoms in total. The zero-order valence-corrected chi connectivity index (χ0v) is 6.10. The van der Waals surface area contributed by atoms with Gasteiger partial charge in [-0.25, -0.2) is 13.8 Å². The van der Waals surface area contributed by atoms with Crippen molar-refractivity contribution in [3.63, 3.8) is 0 Å². The van der Waals surface area contributed by atoms with Gasteiger partial charge in [-0.15, -0.1) is 0 Å². The lowest BCUT2D eigenvalue weighted by Crippen LogP contribution is -2.06. The molecule has 1 heterocycles. The molecular formula is C7H7F3N2. The topological polar surface area (TPSA) is 38.9 Å². The van der Waals surface area contributed by atoms with Crippen molar-refractivity contribution < 1.29 is 13.2 Å². The molecule has 1 rings (SSSR count). The number of hydrogen-bond donors (Lipinski definition) is 1. The Morgan fingerprint density at radius 2 is 2.08 bits per heavy atom. The maximum atomic E-state index is 12.4. The first-order chi connectivity index (χ1) is 5.65. The van der Waals surface area contributed by atoms with Crippen molar-refractivity contribution in [2.75, 3.05) is 0 Å². The highest BCUT2D eigenvalue weighted by atomic mass is 19.3. The van der Waals surface area contributed by atoms with E-state index >= 15 is 0 Å². The van der Waals surface area contributed by atoms with Gasteiger partial charge in [-0.05, 0) is 12.1 Å². The molecule has 1 aromatic heterocycles. The fraction of sp³-hybridized carbons (Fsp3) is 0.286. The summed E-state index contributed by atoms with van der Waals surface area (Å²) in [4.78, 5) is 3.24. The number of nitrogens with two attached hydrogens (primary N) is 1. The highest BCUT2D eigenvalue weighted by molar-refractivity contribution is 5.21. The van der Waals surface area contributed by atoms with Crippen molar-refractivity contribution in [3.05, 3.63) is 29.3 Å². The van der Waals surface area contributed by atoms with E-state index in [2.05, 4.69) is 4.98 Å². The van der Waals surface area contributed by atoms with E-state index in [1.807, 2.05) is 0 Å². The maximum Gasteiger partial charge on any atom is 0.265 e. The van der Waals surface area contributed by atoms with Crippen LogP contribution in [-0.2, 0) is 6.54 Å². The monoisotopic (exact) mass is 176 g/mol. The van der Waals surface area contributed by atoms with Gasteiger partial charge >= 0.3 is 0 Å². The molecule has 5 heteroatoms. The van der Waals surface area contributed by atoms with Gasteiger partial charge in [0.05, 0.1) is 5.69 Å². The number of pyridine rings is 1. The summed E-state index contributed by atoms with van der Waals surface area (Å²) in [6.07, 6.45) is -2.66. The predicted molar refractivity (Wildman–Crippen MR) is 37.0 cm³/mol. The van der Waals surface area contributed by atoms with Gasteiger partial charge in [0.1, 0.15) is 0 Å². The minimum absolute atomic E-state index is 0.0926. The summed E-state index contributed by atoms with van der Waals surface area (Å²) in [6.45, 7) is -0.183. The van der Waals surface area contributed by atoms with E-state index in [0.29, 0.717) is 0 Å². The lowest BCUT2D eigenvalue weighted by molar-refractivity contribution is 0.149. The van der Waals surface area contributed by atoms with Crippen LogP contribution < -0.4 is 5.73 Å². The van der Waals surface area contributed by atoms with Gasteiger partial charge in [-0.3, -0.25) is 0 Å². The second-order valence-electron chi connectivity index (χ2n) is 2.17. The van der Waals surface area contributed by atoms with Crippen LogP contribution in [0.3, 0.4) is 0 Å². The molecular weight excluding hydrogens is 169 g/mol. The lowest BCUT2D eigenvalue weighted by atomic mass is 10.2. The molecule has 0 atom stereocenters. The van der Waals surface area contributed by atoms with Crippen LogP contribution in [-0.4, -0.2) is 4.98 Å². The average Bonchev–Trinajstić information content (AvgIpc) is 2.03. The van der Waals surface area contributed by atoms with Gasteiger partial charge in [0.15, 0.2) is 0 Å². The van der Waals surface area contributed by atoms with E-state index in [-0.39, 0.29) is 17.8 Å². The van der Waals surface area contributed by atoms with E-state index in [9.17, 15) is 13.2 Å². The van der Waals surface area contributed by atoms with Gasteiger partial charge in [0, 0.05) is 12.1 Å². The van der Waals surface area contributed by atoms with Crippen molar-refractivity contribution in [2.24, 2.45) is 5.73 Å². The first-order valence-corrected chi connectivity index (χ1v) is 3.28. The van der Waals surface area contributed by atoms with Gasteiger partial charge in [0.25, 0.3) is 6.43 Å². The fourth-order valence-corrected chi connectivity index (χ4v) is 0.848. The third-order valence-electron chi connectivity index (χ3n) is 1.40. The van der Waals surface area contributed by atoms with Crippen LogP contribution in [0.2, 0.25) is 0 Å². The molecule has 0 unspecified atom stereocenters. The van der Waals surface area contributed by atoms with E-state index < -0.39 is 12.4 Å². The standard InChI is InChI=1S/C7H7F3N2/c8-6-2-1-4(7(9)10)5(3-11)12-6/h1-2,7H,3,11H2. The van der Waals surface area contributed by atoms with Gasteiger partial charge in [-0.2, -0.15) is 4.39 Å². The Morgan fingerprint density at radius 1 is 1.42 bits per heavy atom. The molecule has 2 N–H and O–H groups in total. The van der Waals surface area contributed by atoms with Gasteiger partial charge in [-0.1, -0.05) is 0 Å². The van der Waals surface area contributed by atoms with Crippen molar-refractivity contribution in [2.45, 2.75) is 13.0 Å². The highest BCUT2D eigenvalue weighted by Gasteiger charge is 2.13. The Morgan fingerprint density at radius 3 is 2.58 bits per heavy atom. The van der Waals surface area contributed by atoms with Crippen molar-refractivity contribution in [3.8, 4) is 0 Å². The number of hydrogen-bond acceptors (Lipinski definition) is 2. The number of alkyl halides is 2. The zero-order chi connectivity index (χ0) is 9.14. The molecule has 0 fully saturated rings. The fourth-order valence-electron chi connectivity index (χ4n) is 0.848. The Hall–Kier alpha value is -1.10. The van der Waals surface area contributed by atoms with Crippen LogP contribution in [0.25, 0.3) is 0 Å². The van der Waals surface area contributed by atoms with Gasteiger partial charge in [0.2, 0.25) is 5.95 Å². The predicted octanol–water partition coefficient (Wildman–Crippen LogP) is 1.62. The summed E-state index contributed by atoms with van der Waals surface area (Å²) >= 11 is 0. The van der Waals surface area contributed by atoms with Crippen LogP contribution in [0, 0.1) is 5.95 Å².